The number of hydrogen-bond acceptors (Lipinski definition) is 3. The fourth-order valence-electron chi connectivity index (χ4n) is 2.27. The maximum Gasteiger partial charge on any atom is 0.221 e. The Kier molecular flexibility index (Phi) is 8.04. The van der Waals surface area contributed by atoms with Crippen LogP contribution < -0.4 is 10.1 Å². The van der Waals surface area contributed by atoms with Crippen molar-refractivity contribution in [3.8, 4) is 5.75 Å². The molecule has 0 saturated carbocycles. The first-order chi connectivity index (χ1) is 10.6. The lowest BCUT2D eigenvalue weighted by Crippen LogP contribution is -2.34. The molecule has 0 aliphatic carbocycles. The number of carbonyl (C=O) groups excluding carboxylic acids is 2. The van der Waals surface area contributed by atoms with E-state index in [9.17, 15) is 9.59 Å². The summed E-state index contributed by atoms with van der Waals surface area (Å²) < 4.78 is 5.28. The molecule has 0 aromatic heterocycles. The number of methoxy groups -OCH3 is 1. The Morgan fingerprint density at radius 1 is 1.23 bits per heavy atom. The molecule has 0 heterocycles. The summed E-state index contributed by atoms with van der Waals surface area (Å²) in [5.74, 6) is 0.823. The maximum atomic E-state index is 11.8. The number of nitrogens with one attached hydrogen (secondary N) is 1. The Bertz CT molecular complexity index is 489. The topological polar surface area (TPSA) is 58.6 Å². The average Bonchev–Trinajstić information content (AvgIpc) is 2.51. The van der Waals surface area contributed by atoms with Crippen LogP contribution in [0.25, 0.3) is 0 Å². The molecule has 0 aliphatic rings. The van der Waals surface area contributed by atoms with Crippen LogP contribution in [0.15, 0.2) is 24.3 Å². The minimum atomic E-state index is -0.0303. The Morgan fingerprint density at radius 3 is 2.59 bits per heavy atom. The summed E-state index contributed by atoms with van der Waals surface area (Å²) in [6, 6.07) is 7.77. The van der Waals surface area contributed by atoms with Crippen molar-refractivity contribution in [2.75, 3.05) is 26.7 Å². The highest BCUT2D eigenvalue weighted by molar-refractivity contribution is 5.78. The van der Waals surface area contributed by atoms with Crippen LogP contribution in [-0.4, -0.2) is 43.5 Å². The van der Waals surface area contributed by atoms with Crippen molar-refractivity contribution in [3.05, 3.63) is 29.8 Å². The van der Waals surface area contributed by atoms with E-state index in [2.05, 4.69) is 5.32 Å². The van der Waals surface area contributed by atoms with Crippen molar-refractivity contribution in [1.29, 1.82) is 0 Å². The van der Waals surface area contributed by atoms with E-state index in [0.29, 0.717) is 26.1 Å². The summed E-state index contributed by atoms with van der Waals surface area (Å²) in [5, 5.41) is 2.89. The normalized spacial score (nSPS) is 10.1. The first-order valence-corrected chi connectivity index (χ1v) is 7.72. The number of ether oxygens (including phenoxy) is 1. The molecule has 0 spiro atoms. The lowest BCUT2D eigenvalue weighted by molar-refractivity contribution is -0.129. The number of carbonyl (C=O) groups is 2. The first kappa shape index (κ1) is 18.0. The number of para-hydroxylation sites is 1. The monoisotopic (exact) mass is 306 g/mol. The van der Waals surface area contributed by atoms with Gasteiger partial charge in [0.05, 0.1) is 7.11 Å². The van der Waals surface area contributed by atoms with Crippen LogP contribution in [0.2, 0.25) is 0 Å². The third-order valence-corrected chi connectivity index (χ3v) is 3.46. The summed E-state index contributed by atoms with van der Waals surface area (Å²) >= 11 is 0. The molecule has 5 nitrogen and oxygen atoms in total. The van der Waals surface area contributed by atoms with E-state index < -0.39 is 0 Å². The third-order valence-electron chi connectivity index (χ3n) is 3.46. The summed E-state index contributed by atoms with van der Waals surface area (Å²) in [7, 11) is 1.64. The molecule has 0 aliphatic heterocycles. The molecule has 1 aromatic carbocycles. The molecule has 0 saturated heterocycles. The highest BCUT2D eigenvalue weighted by Crippen LogP contribution is 2.17. The molecule has 2 amide bonds. The zero-order valence-corrected chi connectivity index (χ0v) is 13.7. The fourth-order valence-corrected chi connectivity index (χ4v) is 2.27. The molecular weight excluding hydrogens is 280 g/mol. The average molecular weight is 306 g/mol. The Morgan fingerprint density at radius 2 is 1.95 bits per heavy atom. The van der Waals surface area contributed by atoms with Crippen molar-refractivity contribution < 1.29 is 14.3 Å². The smallest absolute Gasteiger partial charge is 0.221 e. The van der Waals surface area contributed by atoms with Gasteiger partial charge in [-0.25, -0.2) is 0 Å². The SMILES string of the molecule is CCCN(CCC(=O)NCCc1ccccc1OC)C(C)=O. The van der Waals surface area contributed by atoms with Crippen LogP contribution in [0.4, 0.5) is 0 Å². The minimum Gasteiger partial charge on any atom is -0.496 e. The molecule has 1 rings (SSSR count). The van der Waals surface area contributed by atoms with Gasteiger partial charge in [-0.3, -0.25) is 9.59 Å². The van der Waals surface area contributed by atoms with Crippen LogP contribution in [0, 0.1) is 0 Å². The minimum absolute atomic E-state index is 0.0173. The van der Waals surface area contributed by atoms with Gasteiger partial charge in [-0.2, -0.15) is 0 Å². The Labute approximate surface area is 132 Å². The van der Waals surface area contributed by atoms with E-state index in [-0.39, 0.29) is 11.8 Å². The van der Waals surface area contributed by atoms with Crippen molar-refractivity contribution in [2.45, 2.75) is 33.1 Å². The second kappa shape index (κ2) is 9.82. The standard InChI is InChI=1S/C17H26N2O3/c1-4-12-19(14(2)20)13-10-17(21)18-11-9-15-7-5-6-8-16(15)22-3/h5-8H,4,9-13H2,1-3H3,(H,18,21). The largest absolute Gasteiger partial charge is 0.496 e. The van der Waals surface area contributed by atoms with Gasteiger partial charge in [0.1, 0.15) is 5.75 Å². The Balaban J connectivity index is 2.32. The van der Waals surface area contributed by atoms with Gasteiger partial charge in [0, 0.05) is 33.0 Å². The van der Waals surface area contributed by atoms with E-state index in [1.165, 1.54) is 6.92 Å². The number of amides is 2. The lowest BCUT2D eigenvalue weighted by atomic mass is 10.1. The van der Waals surface area contributed by atoms with Crippen LogP contribution >= 0.6 is 0 Å². The molecule has 5 heteroatoms. The van der Waals surface area contributed by atoms with E-state index in [0.717, 1.165) is 24.2 Å². The summed E-state index contributed by atoms with van der Waals surface area (Å²) in [4.78, 5) is 24.9. The van der Waals surface area contributed by atoms with Crippen LogP contribution in [-0.2, 0) is 16.0 Å². The number of hydrogen-bond donors (Lipinski definition) is 1. The molecule has 0 unspecified atom stereocenters. The van der Waals surface area contributed by atoms with Crippen molar-refractivity contribution >= 4 is 11.8 Å². The van der Waals surface area contributed by atoms with Gasteiger partial charge in [-0.05, 0) is 24.5 Å². The molecule has 1 N–H and O–H groups in total. The number of benzene rings is 1. The van der Waals surface area contributed by atoms with E-state index in [1.807, 2.05) is 31.2 Å². The van der Waals surface area contributed by atoms with Crippen molar-refractivity contribution in [3.63, 3.8) is 0 Å². The quantitative estimate of drug-likeness (QED) is 0.759. The zero-order chi connectivity index (χ0) is 16.4. The van der Waals surface area contributed by atoms with Gasteiger partial charge < -0.3 is 15.0 Å². The number of rotatable bonds is 9. The van der Waals surface area contributed by atoms with Gasteiger partial charge in [0.25, 0.3) is 0 Å². The van der Waals surface area contributed by atoms with E-state index in [4.69, 9.17) is 4.74 Å². The fraction of sp³-hybridized carbons (Fsp3) is 0.529. The lowest BCUT2D eigenvalue weighted by Gasteiger charge is -2.19. The Hall–Kier alpha value is -2.04. The summed E-state index contributed by atoms with van der Waals surface area (Å²) in [5.41, 5.74) is 1.07. The third kappa shape index (κ3) is 6.16. The van der Waals surface area contributed by atoms with Gasteiger partial charge in [-0.1, -0.05) is 25.1 Å². The van der Waals surface area contributed by atoms with Gasteiger partial charge in [0.2, 0.25) is 11.8 Å². The molecular formula is C17H26N2O3. The molecule has 0 fully saturated rings. The van der Waals surface area contributed by atoms with Gasteiger partial charge >= 0.3 is 0 Å². The van der Waals surface area contributed by atoms with Gasteiger partial charge in [-0.15, -0.1) is 0 Å². The molecule has 0 atom stereocenters. The summed E-state index contributed by atoms with van der Waals surface area (Å²) in [6.07, 6.45) is 1.96. The molecule has 22 heavy (non-hydrogen) atoms. The van der Waals surface area contributed by atoms with Gasteiger partial charge in [0.15, 0.2) is 0 Å². The predicted molar refractivity (Wildman–Crippen MR) is 86.9 cm³/mol. The number of nitrogens with zero attached hydrogens (tertiary/aromatic N) is 1. The second-order valence-corrected chi connectivity index (χ2v) is 5.17. The predicted octanol–water partition coefficient (Wildman–Crippen LogP) is 2.00. The first-order valence-electron chi connectivity index (χ1n) is 7.72. The summed E-state index contributed by atoms with van der Waals surface area (Å²) in [6.45, 7) is 5.29. The van der Waals surface area contributed by atoms with Crippen LogP contribution in [0.3, 0.4) is 0 Å². The molecule has 0 radical (unpaired) electrons. The van der Waals surface area contributed by atoms with Crippen molar-refractivity contribution in [2.24, 2.45) is 0 Å². The second-order valence-electron chi connectivity index (χ2n) is 5.17. The zero-order valence-electron chi connectivity index (χ0n) is 13.7. The van der Waals surface area contributed by atoms with Crippen LogP contribution in [0.5, 0.6) is 5.75 Å². The molecule has 122 valence electrons. The van der Waals surface area contributed by atoms with Crippen LogP contribution in [0.1, 0.15) is 32.3 Å². The highest BCUT2D eigenvalue weighted by Gasteiger charge is 2.10. The van der Waals surface area contributed by atoms with Crippen molar-refractivity contribution in [1.82, 2.24) is 10.2 Å². The van der Waals surface area contributed by atoms with E-state index >= 15 is 0 Å². The maximum absolute atomic E-state index is 11.8. The molecule has 0 bridgehead atoms. The van der Waals surface area contributed by atoms with E-state index in [1.54, 1.807) is 12.0 Å². The molecule has 1 aromatic rings. The highest BCUT2D eigenvalue weighted by atomic mass is 16.5.